The lowest BCUT2D eigenvalue weighted by molar-refractivity contribution is -0.0328. The summed E-state index contributed by atoms with van der Waals surface area (Å²) in [5, 5.41) is 34.0. The van der Waals surface area contributed by atoms with Crippen molar-refractivity contribution in [1.82, 2.24) is 12.3 Å². The minimum atomic E-state index is -1.11. The van der Waals surface area contributed by atoms with Gasteiger partial charge in [0.05, 0.1) is 31.8 Å². The molecule has 0 spiro atoms. The van der Waals surface area contributed by atoms with Crippen molar-refractivity contribution in [2.24, 2.45) is 5.41 Å². The SMILES string of the molecule is N.N.OCC(CO)(CO)CO. The highest BCUT2D eigenvalue weighted by Gasteiger charge is 2.26. The highest BCUT2D eigenvalue weighted by Crippen LogP contribution is 2.11. The first-order valence-corrected chi connectivity index (χ1v) is 2.68. The smallest absolute Gasteiger partial charge is 0.0627 e. The average molecular weight is 170 g/mol. The van der Waals surface area contributed by atoms with E-state index >= 15 is 0 Å². The molecule has 0 amide bonds. The Bertz CT molecular complexity index is 59.4. The van der Waals surface area contributed by atoms with Crippen molar-refractivity contribution in [3.8, 4) is 0 Å². The van der Waals surface area contributed by atoms with E-state index in [4.69, 9.17) is 20.4 Å². The molecule has 0 aliphatic rings. The molecule has 72 valence electrons. The van der Waals surface area contributed by atoms with Gasteiger partial charge in [0.1, 0.15) is 0 Å². The largest absolute Gasteiger partial charge is 0.396 e. The Hall–Kier alpha value is -0.240. The van der Waals surface area contributed by atoms with Crippen molar-refractivity contribution in [2.45, 2.75) is 0 Å². The predicted octanol–water partition coefficient (Wildman–Crippen LogP) is -1.73. The minimum absolute atomic E-state index is 0. The average Bonchev–Trinajstić information content (AvgIpc) is 1.95. The third-order valence-corrected chi connectivity index (χ3v) is 1.34. The zero-order valence-electron chi connectivity index (χ0n) is 6.53. The lowest BCUT2D eigenvalue weighted by Crippen LogP contribution is -2.37. The van der Waals surface area contributed by atoms with E-state index in [9.17, 15) is 0 Å². The Morgan fingerprint density at radius 2 is 0.818 bits per heavy atom. The zero-order valence-corrected chi connectivity index (χ0v) is 6.53. The molecule has 0 rings (SSSR count). The van der Waals surface area contributed by atoms with Crippen molar-refractivity contribution in [3.63, 3.8) is 0 Å². The van der Waals surface area contributed by atoms with Crippen LogP contribution < -0.4 is 12.3 Å². The quantitative estimate of drug-likeness (QED) is 0.295. The summed E-state index contributed by atoms with van der Waals surface area (Å²) in [5.41, 5.74) is -1.11. The molecule has 0 bridgehead atoms. The maximum atomic E-state index is 8.50. The maximum Gasteiger partial charge on any atom is 0.0627 e. The van der Waals surface area contributed by atoms with Crippen LogP contribution in [0.3, 0.4) is 0 Å². The van der Waals surface area contributed by atoms with Crippen molar-refractivity contribution in [3.05, 3.63) is 0 Å². The van der Waals surface area contributed by atoms with Gasteiger partial charge in [-0.25, -0.2) is 0 Å². The zero-order chi connectivity index (χ0) is 7.33. The molecular formula is C5H18N2O4. The van der Waals surface area contributed by atoms with E-state index in [1.54, 1.807) is 0 Å². The fourth-order valence-electron chi connectivity index (χ4n) is 0.300. The first-order chi connectivity index (χ1) is 4.24. The Labute approximate surface area is 65.6 Å². The summed E-state index contributed by atoms with van der Waals surface area (Å²) in [5.74, 6) is 0. The molecule has 0 unspecified atom stereocenters. The fraction of sp³-hybridized carbons (Fsp3) is 1.00. The minimum Gasteiger partial charge on any atom is -0.396 e. The standard InChI is InChI=1S/C5H12O4.2H3N/c6-1-5(2-7,3-8)4-9;;/h6-9H,1-4H2;2*1H3. The second-order valence-electron chi connectivity index (χ2n) is 2.13. The first-order valence-electron chi connectivity index (χ1n) is 2.68. The lowest BCUT2D eigenvalue weighted by atomic mass is 9.93. The van der Waals surface area contributed by atoms with Crippen molar-refractivity contribution < 1.29 is 20.4 Å². The normalized spacial score (nSPS) is 9.82. The molecule has 0 aromatic heterocycles. The van der Waals surface area contributed by atoms with Crippen LogP contribution in [-0.4, -0.2) is 46.9 Å². The van der Waals surface area contributed by atoms with Crippen LogP contribution in [0.1, 0.15) is 0 Å². The predicted molar refractivity (Wildman–Crippen MR) is 40.8 cm³/mol. The fourth-order valence-corrected chi connectivity index (χ4v) is 0.300. The Morgan fingerprint density at radius 1 is 0.636 bits per heavy atom. The van der Waals surface area contributed by atoms with E-state index in [2.05, 4.69) is 0 Å². The number of hydrogen-bond donors (Lipinski definition) is 6. The monoisotopic (exact) mass is 170 g/mol. The van der Waals surface area contributed by atoms with E-state index < -0.39 is 31.8 Å². The summed E-state index contributed by atoms with van der Waals surface area (Å²) in [6, 6.07) is 0. The highest BCUT2D eigenvalue weighted by molar-refractivity contribution is 4.74. The molecule has 6 nitrogen and oxygen atoms in total. The third-order valence-electron chi connectivity index (χ3n) is 1.34. The molecule has 0 fully saturated rings. The van der Waals surface area contributed by atoms with Gasteiger partial charge in [-0.2, -0.15) is 0 Å². The van der Waals surface area contributed by atoms with Gasteiger partial charge in [0.15, 0.2) is 0 Å². The molecule has 0 saturated carbocycles. The van der Waals surface area contributed by atoms with E-state index in [1.165, 1.54) is 0 Å². The molecule has 6 heteroatoms. The van der Waals surface area contributed by atoms with Crippen LogP contribution in [0.25, 0.3) is 0 Å². The Kier molecular flexibility index (Phi) is 12.2. The summed E-state index contributed by atoms with van der Waals surface area (Å²) in [7, 11) is 0. The molecule has 0 radical (unpaired) electrons. The van der Waals surface area contributed by atoms with E-state index in [-0.39, 0.29) is 12.3 Å². The van der Waals surface area contributed by atoms with Crippen LogP contribution in [0, 0.1) is 5.41 Å². The molecular weight excluding hydrogens is 152 g/mol. The van der Waals surface area contributed by atoms with Gasteiger partial charge in [0, 0.05) is 0 Å². The van der Waals surface area contributed by atoms with Crippen molar-refractivity contribution in [1.29, 1.82) is 0 Å². The van der Waals surface area contributed by atoms with Gasteiger partial charge >= 0.3 is 0 Å². The van der Waals surface area contributed by atoms with Gasteiger partial charge in [-0.05, 0) is 0 Å². The molecule has 0 aliphatic carbocycles. The second kappa shape index (κ2) is 7.86. The number of aliphatic hydroxyl groups excluding tert-OH is 4. The van der Waals surface area contributed by atoms with Crippen LogP contribution >= 0.6 is 0 Å². The highest BCUT2D eigenvalue weighted by atomic mass is 16.3. The summed E-state index contributed by atoms with van der Waals surface area (Å²) in [4.78, 5) is 0. The Morgan fingerprint density at radius 3 is 0.818 bits per heavy atom. The van der Waals surface area contributed by atoms with E-state index in [0.29, 0.717) is 0 Å². The molecule has 11 heavy (non-hydrogen) atoms. The molecule has 0 aromatic rings. The van der Waals surface area contributed by atoms with Gasteiger partial charge in [0.2, 0.25) is 0 Å². The Balaban J connectivity index is -0.000000320. The van der Waals surface area contributed by atoms with Gasteiger partial charge in [-0.15, -0.1) is 0 Å². The van der Waals surface area contributed by atoms with E-state index in [0.717, 1.165) is 0 Å². The lowest BCUT2D eigenvalue weighted by Gasteiger charge is -2.23. The molecule has 10 N–H and O–H groups in total. The summed E-state index contributed by atoms with van der Waals surface area (Å²) >= 11 is 0. The van der Waals surface area contributed by atoms with Crippen LogP contribution in [0.5, 0.6) is 0 Å². The molecule has 0 atom stereocenters. The topological polar surface area (TPSA) is 151 Å². The van der Waals surface area contributed by atoms with Gasteiger partial charge in [-0.1, -0.05) is 0 Å². The van der Waals surface area contributed by atoms with Crippen molar-refractivity contribution in [2.75, 3.05) is 26.4 Å². The van der Waals surface area contributed by atoms with Crippen LogP contribution in [0.15, 0.2) is 0 Å². The van der Waals surface area contributed by atoms with Crippen LogP contribution in [0.2, 0.25) is 0 Å². The third kappa shape index (κ3) is 4.25. The van der Waals surface area contributed by atoms with Gasteiger partial charge < -0.3 is 32.7 Å². The molecule has 0 aliphatic heterocycles. The summed E-state index contributed by atoms with van der Waals surface area (Å²) in [6.45, 7) is -1.62. The van der Waals surface area contributed by atoms with Crippen LogP contribution in [-0.2, 0) is 0 Å². The molecule has 0 saturated heterocycles. The number of hydrogen-bond acceptors (Lipinski definition) is 6. The van der Waals surface area contributed by atoms with Gasteiger partial charge in [0.25, 0.3) is 0 Å². The summed E-state index contributed by atoms with van der Waals surface area (Å²) < 4.78 is 0. The summed E-state index contributed by atoms with van der Waals surface area (Å²) in [6.07, 6.45) is 0. The molecule has 0 heterocycles. The number of rotatable bonds is 4. The van der Waals surface area contributed by atoms with Crippen LogP contribution in [0.4, 0.5) is 0 Å². The van der Waals surface area contributed by atoms with E-state index in [1.807, 2.05) is 0 Å². The van der Waals surface area contributed by atoms with Crippen molar-refractivity contribution >= 4 is 0 Å². The number of aliphatic hydroxyl groups is 4. The van der Waals surface area contributed by atoms with Gasteiger partial charge in [-0.3, -0.25) is 0 Å². The second-order valence-corrected chi connectivity index (χ2v) is 2.13. The first kappa shape index (κ1) is 17.0. The molecule has 0 aromatic carbocycles. The maximum absolute atomic E-state index is 8.50.